The van der Waals surface area contributed by atoms with Crippen LogP contribution in [-0.2, 0) is 48.2 Å². The molecule has 0 spiro atoms. The van der Waals surface area contributed by atoms with Crippen molar-refractivity contribution >= 4 is 77.0 Å². The van der Waals surface area contributed by atoms with Crippen LogP contribution in [0, 0.1) is 6.92 Å². The number of benzene rings is 8. The Morgan fingerprint density at radius 3 is 1.19 bits per heavy atom. The molecule has 19 nitrogen and oxygen atoms in total. The number of fused-ring (bicyclic) bond motifs is 9. The number of rotatable bonds is 23. The van der Waals surface area contributed by atoms with Crippen molar-refractivity contribution in [2.45, 2.75) is 65.3 Å². The van der Waals surface area contributed by atoms with Crippen LogP contribution in [0.25, 0.3) is 33.4 Å². The molecule has 3 aliphatic carbocycles. The summed E-state index contributed by atoms with van der Waals surface area (Å²) in [5.74, 6) is -2.33. The van der Waals surface area contributed by atoms with Crippen molar-refractivity contribution in [1.82, 2.24) is 16.0 Å². The number of aryl methyl sites for hydroxylation is 1. The first-order valence-corrected chi connectivity index (χ1v) is 35.1. The molecule has 0 aromatic heterocycles. The standard InChI is InChI=1S/C26H25NO6S.C26H25NO5Se.C18H17NO5.C3H5Br/c1-17-11-13-19(14-12-17)34(30,31)33-16-25(18(2)28)27-26(29)32-15-24-22-9-5-3-7-20(22)21-8-4-6-10-23(21)24;1-31-18-12-10-17(11-13-18)15-33-16-24(25(28)29)27-26(30)32-14-23-21-8-4-2-6-19(21)20-7-3-5-9-22(20)23;20-9-16(17(21)22)19-18(23)24-10-15-13-7-3-1-5-11(13)12-6-2-4-8-14(12)15;1-2-3-4/h3-14,24-25H,15-16H2,1-2H3,(H,27,29);2-13,23-24H,14-16H2,1H3,(H,27,30)(H,28,29);1-8,15-16,20H,9-10H2,(H,19,23)(H,21,22);2H,1,3H2/t25-;24-;16-;/m000./s1. The van der Waals surface area contributed by atoms with E-state index in [1.807, 2.05) is 165 Å². The molecule has 3 amide bonds. The normalized spacial score (nSPS) is 13.1. The predicted molar refractivity (Wildman–Crippen MR) is 365 cm³/mol. The van der Waals surface area contributed by atoms with E-state index in [1.54, 1.807) is 25.3 Å². The van der Waals surface area contributed by atoms with E-state index in [-0.39, 0.29) is 57.4 Å². The zero-order valence-corrected chi connectivity index (χ0v) is 56.3. The minimum absolute atomic E-state index is 0.00819. The zero-order valence-electron chi connectivity index (χ0n) is 52.2. The van der Waals surface area contributed by atoms with E-state index in [0.29, 0.717) is 5.32 Å². The molecule has 0 saturated heterocycles. The number of carboxylic acid groups (broad SMARTS) is 2. The Bertz CT molecular complexity index is 3980. The number of aliphatic hydroxyl groups is 1. The molecule has 0 fully saturated rings. The van der Waals surface area contributed by atoms with E-state index < -0.39 is 77.5 Å². The molecule has 8 aromatic rings. The Morgan fingerprint density at radius 2 is 0.874 bits per heavy atom. The van der Waals surface area contributed by atoms with Gasteiger partial charge in [-0.1, -0.05) is 137 Å². The Kier molecular flexibility index (Phi) is 26.1. The third-order valence-corrected chi connectivity index (χ3v) is 19.8. The van der Waals surface area contributed by atoms with Gasteiger partial charge in [-0.3, -0.25) is 8.98 Å². The number of ether oxygens (including phenoxy) is 4. The van der Waals surface area contributed by atoms with Crippen LogP contribution >= 0.6 is 15.9 Å². The number of Topliss-reactive ketones (excluding diaryl/α,β-unsaturated/α-hetero) is 1. The second-order valence-electron chi connectivity index (χ2n) is 21.9. The van der Waals surface area contributed by atoms with E-state index in [9.17, 15) is 42.3 Å². The molecule has 494 valence electrons. The molecule has 3 atom stereocenters. The maximum absolute atomic E-state index is 12.5. The topological polar surface area (TPSA) is 279 Å². The van der Waals surface area contributed by atoms with Crippen molar-refractivity contribution < 1.29 is 75.6 Å². The number of nitrogens with one attached hydrogen (secondary N) is 3. The molecular formula is C73H72BrN3O16SSe. The van der Waals surface area contributed by atoms with Gasteiger partial charge in [0.25, 0.3) is 10.1 Å². The number of methoxy groups -OCH3 is 1. The summed E-state index contributed by atoms with van der Waals surface area (Å²) in [6.45, 7) is 5.61. The van der Waals surface area contributed by atoms with Gasteiger partial charge in [-0.05, 0) is 70.5 Å². The molecular weight excluding hydrogens is 1370 g/mol. The molecule has 0 heterocycles. The van der Waals surface area contributed by atoms with Crippen molar-refractivity contribution in [3.05, 3.63) is 251 Å². The molecule has 0 aliphatic heterocycles. The largest absolute Gasteiger partial charge is 0.480 e. The van der Waals surface area contributed by atoms with Gasteiger partial charge in [0.2, 0.25) is 0 Å². The molecule has 22 heteroatoms. The number of amides is 3. The van der Waals surface area contributed by atoms with Gasteiger partial charge in [-0.2, -0.15) is 8.42 Å². The predicted octanol–water partition coefficient (Wildman–Crippen LogP) is 12.0. The number of allylic oxidation sites excluding steroid dienone is 1. The fourth-order valence-corrected chi connectivity index (χ4v) is 13.9. The molecule has 95 heavy (non-hydrogen) atoms. The minimum Gasteiger partial charge on any atom is -0.480 e. The van der Waals surface area contributed by atoms with Crippen LogP contribution in [0.4, 0.5) is 14.4 Å². The Balaban J connectivity index is 0.000000180. The number of carbonyl (C=O) groups excluding carboxylic acids is 4. The fourth-order valence-electron chi connectivity index (χ4n) is 10.9. The molecule has 0 unspecified atom stereocenters. The zero-order chi connectivity index (χ0) is 68.0. The third-order valence-electron chi connectivity index (χ3n) is 15.7. The third kappa shape index (κ3) is 18.9. The van der Waals surface area contributed by atoms with Crippen LogP contribution in [0.2, 0.25) is 5.32 Å². The van der Waals surface area contributed by atoms with Gasteiger partial charge < -0.3 is 30.3 Å². The SMILES string of the molecule is C=CCBr.CC(=O)[C@H](COS(=O)(=O)c1ccc(C)cc1)NC(=O)OCC1c2ccccc2-c2ccccc21.COc1ccc(C[Se]C[C@H](NC(=O)OCC2c3ccccc3-c3ccccc32)C(=O)O)cc1.O=C(N[C@@H](CO)C(=O)O)OCC1c2ccccc2-c2ccccc21. The van der Waals surface area contributed by atoms with E-state index in [2.05, 4.69) is 50.6 Å². The molecule has 11 rings (SSSR count). The molecule has 6 N–H and O–H groups in total. The fraction of sp³-hybridized carbons (Fsp3) is 0.233. The van der Waals surface area contributed by atoms with Gasteiger partial charge in [0.05, 0.1) is 18.1 Å². The van der Waals surface area contributed by atoms with Gasteiger partial charge >= 0.3 is 217 Å². The van der Waals surface area contributed by atoms with Crippen LogP contribution in [0.1, 0.15) is 69.2 Å². The molecule has 3 aliphatic rings. The monoisotopic (exact) mass is 1440 g/mol. The number of hydrogen-bond acceptors (Lipinski definition) is 14. The maximum atomic E-state index is 12.5. The van der Waals surface area contributed by atoms with Gasteiger partial charge in [0.15, 0.2) is 11.8 Å². The summed E-state index contributed by atoms with van der Waals surface area (Å²) in [5, 5.41) is 36.4. The number of carboxylic acids is 2. The van der Waals surface area contributed by atoms with E-state index in [0.717, 1.165) is 94.3 Å². The van der Waals surface area contributed by atoms with E-state index >= 15 is 0 Å². The number of aliphatic hydroxyl groups excluding tert-OH is 1. The smallest absolute Gasteiger partial charge is 0.407 e. The number of hydrogen-bond donors (Lipinski definition) is 6. The summed E-state index contributed by atoms with van der Waals surface area (Å²) < 4.78 is 51.1. The van der Waals surface area contributed by atoms with Crippen LogP contribution in [0.5, 0.6) is 5.75 Å². The van der Waals surface area contributed by atoms with Gasteiger partial charge in [0.1, 0.15) is 19.3 Å². The number of ketones is 1. The van der Waals surface area contributed by atoms with Gasteiger partial charge in [-0.15, -0.1) is 6.58 Å². The van der Waals surface area contributed by atoms with Crippen LogP contribution < -0.4 is 20.7 Å². The van der Waals surface area contributed by atoms with Crippen molar-refractivity contribution in [1.29, 1.82) is 0 Å². The van der Waals surface area contributed by atoms with Crippen molar-refractivity contribution in [2.24, 2.45) is 0 Å². The average molecular weight is 1440 g/mol. The number of alkyl halides is 1. The number of aliphatic carboxylic acids is 2. The Morgan fingerprint density at radius 1 is 0.537 bits per heavy atom. The molecule has 0 radical (unpaired) electrons. The molecule has 0 bridgehead atoms. The number of alkyl carbamates (subject to hydrolysis) is 3. The van der Waals surface area contributed by atoms with Gasteiger partial charge in [-0.25, -0.2) is 14.4 Å². The second-order valence-corrected chi connectivity index (χ2v) is 26.3. The van der Waals surface area contributed by atoms with Crippen LogP contribution in [0.3, 0.4) is 0 Å². The van der Waals surface area contributed by atoms with Crippen molar-refractivity contribution in [2.75, 3.05) is 45.5 Å². The summed E-state index contributed by atoms with van der Waals surface area (Å²) in [4.78, 5) is 71.2. The summed E-state index contributed by atoms with van der Waals surface area (Å²) >= 11 is 3.14. The number of carbonyl (C=O) groups is 6. The summed E-state index contributed by atoms with van der Waals surface area (Å²) in [6.07, 6.45) is -0.596. The van der Waals surface area contributed by atoms with Crippen LogP contribution in [0.15, 0.2) is 212 Å². The maximum Gasteiger partial charge on any atom is 0.407 e. The van der Waals surface area contributed by atoms with Gasteiger partial charge in [0, 0.05) is 17.2 Å². The van der Waals surface area contributed by atoms with E-state index in [1.165, 1.54) is 19.1 Å². The first-order valence-electron chi connectivity index (χ1n) is 30.1. The van der Waals surface area contributed by atoms with E-state index in [4.69, 9.17) is 33.3 Å². The minimum atomic E-state index is -4.08. The average Bonchev–Trinajstić information content (AvgIpc) is 1.64. The quantitative estimate of drug-likeness (QED) is 0.0114. The van der Waals surface area contributed by atoms with Crippen molar-refractivity contribution in [3.8, 4) is 39.1 Å². The molecule has 8 aromatic carbocycles. The number of halogens is 1. The van der Waals surface area contributed by atoms with Crippen LogP contribution in [-0.4, -0.2) is 138 Å². The first-order chi connectivity index (χ1) is 45.8. The summed E-state index contributed by atoms with van der Waals surface area (Å²) in [5.41, 5.74) is 15.2. The first kappa shape index (κ1) is 71.4. The molecule has 0 saturated carbocycles. The Labute approximate surface area is 566 Å². The summed E-state index contributed by atoms with van der Waals surface area (Å²) in [7, 11) is -2.46. The Hall–Kier alpha value is -9.41. The summed E-state index contributed by atoms with van der Waals surface area (Å²) in [6, 6.07) is 58.2. The second kappa shape index (κ2) is 34.7. The van der Waals surface area contributed by atoms with Crippen molar-refractivity contribution in [3.63, 3.8) is 0 Å².